The summed E-state index contributed by atoms with van der Waals surface area (Å²) in [5, 5.41) is 18.7. The molecule has 0 saturated heterocycles. The minimum absolute atomic E-state index is 0.228. The topological polar surface area (TPSA) is 108 Å². The minimum Gasteiger partial charge on any atom is -0.480 e. The van der Waals surface area contributed by atoms with Gasteiger partial charge in [-0.2, -0.15) is 0 Å². The van der Waals surface area contributed by atoms with Crippen molar-refractivity contribution < 1.29 is 19.5 Å². The Morgan fingerprint density at radius 3 is 2.56 bits per heavy atom. The fraction of sp³-hybridized carbons (Fsp3) is 0.435. The molecule has 1 aliphatic rings. The van der Waals surface area contributed by atoms with Crippen LogP contribution in [0.1, 0.15) is 59.5 Å². The van der Waals surface area contributed by atoms with Crippen LogP contribution < -0.4 is 16.0 Å². The first-order chi connectivity index (χ1) is 15.2. The number of benzene rings is 1. The number of amides is 3. The van der Waals surface area contributed by atoms with Crippen LogP contribution in [-0.2, 0) is 17.6 Å². The molecule has 3 rings (SSSR count). The summed E-state index contributed by atoms with van der Waals surface area (Å²) in [6.45, 7) is 5.51. The molecule has 0 fully saturated rings. The number of urea groups is 1. The Kier molecular flexibility index (Phi) is 7.79. The van der Waals surface area contributed by atoms with Crippen LogP contribution >= 0.6 is 22.9 Å². The van der Waals surface area contributed by atoms with Crippen LogP contribution in [-0.4, -0.2) is 29.1 Å². The number of halogens is 1. The molecule has 2 atom stereocenters. The highest BCUT2D eigenvalue weighted by atomic mass is 35.5. The molecule has 0 bridgehead atoms. The van der Waals surface area contributed by atoms with Crippen LogP contribution in [0.15, 0.2) is 18.2 Å². The first-order valence-electron chi connectivity index (χ1n) is 10.7. The maximum atomic E-state index is 13.2. The van der Waals surface area contributed by atoms with E-state index < -0.39 is 23.9 Å². The van der Waals surface area contributed by atoms with Crippen molar-refractivity contribution in [1.29, 1.82) is 0 Å². The highest BCUT2D eigenvalue weighted by Crippen LogP contribution is 2.38. The van der Waals surface area contributed by atoms with Crippen molar-refractivity contribution in [2.75, 3.05) is 10.6 Å². The fourth-order valence-electron chi connectivity index (χ4n) is 3.83. The fourth-order valence-corrected chi connectivity index (χ4v) is 5.38. The van der Waals surface area contributed by atoms with Gasteiger partial charge in [0.1, 0.15) is 11.0 Å². The molecule has 3 amide bonds. The van der Waals surface area contributed by atoms with Crippen molar-refractivity contribution in [2.24, 2.45) is 5.92 Å². The van der Waals surface area contributed by atoms with E-state index >= 15 is 0 Å². The summed E-state index contributed by atoms with van der Waals surface area (Å²) in [5.74, 6) is -1.77. The largest absolute Gasteiger partial charge is 0.480 e. The van der Waals surface area contributed by atoms with Crippen LogP contribution in [0, 0.1) is 12.8 Å². The number of para-hydroxylation sites is 1. The predicted molar refractivity (Wildman–Crippen MR) is 128 cm³/mol. The maximum absolute atomic E-state index is 13.2. The summed E-state index contributed by atoms with van der Waals surface area (Å²) < 4.78 is 0. The Balaban J connectivity index is 1.88. The molecule has 0 radical (unpaired) electrons. The molecular weight excluding hydrogens is 450 g/mol. The highest BCUT2D eigenvalue weighted by molar-refractivity contribution is 7.17. The number of carboxylic acid groups (broad SMARTS) is 1. The Bertz CT molecular complexity index is 1020. The summed E-state index contributed by atoms with van der Waals surface area (Å²) in [5.41, 5.74) is 2.58. The second-order valence-electron chi connectivity index (χ2n) is 8.10. The van der Waals surface area contributed by atoms with Gasteiger partial charge in [-0.15, -0.1) is 11.3 Å². The number of nitrogens with one attached hydrogen (secondary N) is 3. The van der Waals surface area contributed by atoms with E-state index in [1.165, 1.54) is 11.3 Å². The number of hydrogen-bond donors (Lipinski definition) is 4. The average Bonchev–Trinajstić information content (AvgIpc) is 3.11. The maximum Gasteiger partial charge on any atom is 0.326 e. The lowest BCUT2D eigenvalue weighted by atomic mass is 9.94. The lowest BCUT2D eigenvalue weighted by Crippen LogP contribution is -2.45. The normalized spacial score (nSPS) is 14.8. The lowest BCUT2D eigenvalue weighted by Gasteiger charge is -2.21. The van der Waals surface area contributed by atoms with E-state index in [2.05, 4.69) is 16.0 Å². The van der Waals surface area contributed by atoms with Gasteiger partial charge in [-0.25, -0.2) is 9.59 Å². The van der Waals surface area contributed by atoms with Gasteiger partial charge in [0.25, 0.3) is 5.91 Å². The molecule has 32 heavy (non-hydrogen) atoms. The number of hydrogen-bond acceptors (Lipinski definition) is 4. The summed E-state index contributed by atoms with van der Waals surface area (Å²) in [6.07, 6.45) is 4.14. The van der Waals surface area contributed by atoms with Gasteiger partial charge in [-0.3, -0.25) is 10.1 Å². The molecule has 1 aromatic heterocycles. The second-order valence-corrected chi connectivity index (χ2v) is 9.61. The van der Waals surface area contributed by atoms with Crippen LogP contribution in [0.5, 0.6) is 0 Å². The second kappa shape index (κ2) is 10.4. The summed E-state index contributed by atoms with van der Waals surface area (Å²) in [4.78, 5) is 38.8. The Hall–Kier alpha value is -2.58. The number of carboxylic acids is 1. The lowest BCUT2D eigenvalue weighted by molar-refractivity contribution is -0.140. The van der Waals surface area contributed by atoms with Crippen molar-refractivity contribution in [1.82, 2.24) is 5.32 Å². The number of anilines is 2. The molecule has 1 aliphatic carbocycles. The minimum atomic E-state index is -1.07. The molecule has 0 aliphatic heterocycles. The van der Waals surface area contributed by atoms with Crippen LogP contribution in [0.25, 0.3) is 0 Å². The van der Waals surface area contributed by atoms with Crippen LogP contribution in [0.4, 0.5) is 15.5 Å². The molecular formula is C23H28ClN3O4S. The first kappa shape index (κ1) is 24.1. The molecule has 1 aromatic carbocycles. The zero-order chi connectivity index (χ0) is 23.4. The summed E-state index contributed by atoms with van der Waals surface area (Å²) in [7, 11) is 0. The van der Waals surface area contributed by atoms with E-state index in [4.69, 9.17) is 11.6 Å². The number of fused-ring (bicyclic) bond motifs is 1. The number of aryl methyl sites for hydroxylation is 2. The van der Waals surface area contributed by atoms with Gasteiger partial charge in [0.2, 0.25) is 0 Å². The first-order valence-corrected chi connectivity index (χ1v) is 11.9. The van der Waals surface area contributed by atoms with E-state index in [0.29, 0.717) is 27.7 Å². The van der Waals surface area contributed by atoms with E-state index in [1.807, 2.05) is 19.9 Å². The number of aliphatic carboxylic acids is 1. The summed E-state index contributed by atoms with van der Waals surface area (Å²) >= 11 is 7.59. The van der Waals surface area contributed by atoms with Gasteiger partial charge in [0, 0.05) is 4.88 Å². The SMILES string of the molecule is CC[C@H](C)[C@H](NC(=O)c1c(NC(=O)Nc2c(C)cccc2Cl)sc2c1CCCC2)C(=O)O. The Labute approximate surface area is 196 Å². The highest BCUT2D eigenvalue weighted by Gasteiger charge is 2.31. The molecule has 0 saturated carbocycles. The molecule has 0 spiro atoms. The van der Waals surface area contributed by atoms with E-state index in [9.17, 15) is 19.5 Å². The zero-order valence-electron chi connectivity index (χ0n) is 18.4. The van der Waals surface area contributed by atoms with E-state index in [1.54, 1.807) is 19.1 Å². The molecule has 7 nitrogen and oxygen atoms in total. The van der Waals surface area contributed by atoms with Gasteiger partial charge < -0.3 is 15.7 Å². The van der Waals surface area contributed by atoms with Crippen molar-refractivity contribution in [3.05, 3.63) is 44.8 Å². The van der Waals surface area contributed by atoms with E-state index in [0.717, 1.165) is 41.7 Å². The van der Waals surface area contributed by atoms with E-state index in [-0.39, 0.29) is 5.92 Å². The number of carbonyl (C=O) groups is 3. The van der Waals surface area contributed by atoms with Crippen molar-refractivity contribution in [3.63, 3.8) is 0 Å². The third kappa shape index (κ3) is 5.24. The number of rotatable bonds is 7. The third-order valence-corrected chi connectivity index (χ3v) is 7.37. The van der Waals surface area contributed by atoms with Gasteiger partial charge in [0.05, 0.1) is 16.3 Å². The Morgan fingerprint density at radius 1 is 1.19 bits per heavy atom. The monoisotopic (exact) mass is 477 g/mol. The van der Waals surface area contributed by atoms with Gasteiger partial charge in [0.15, 0.2) is 0 Å². The molecule has 2 aromatic rings. The zero-order valence-corrected chi connectivity index (χ0v) is 20.0. The smallest absolute Gasteiger partial charge is 0.326 e. The molecule has 1 heterocycles. The van der Waals surface area contributed by atoms with Gasteiger partial charge in [-0.1, -0.05) is 44.0 Å². The average molecular weight is 478 g/mol. The number of carbonyl (C=O) groups excluding carboxylic acids is 2. The van der Waals surface area contributed by atoms with Crippen molar-refractivity contribution >= 4 is 51.5 Å². The molecule has 4 N–H and O–H groups in total. The van der Waals surface area contributed by atoms with Crippen molar-refractivity contribution in [3.8, 4) is 0 Å². The van der Waals surface area contributed by atoms with Crippen molar-refractivity contribution in [2.45, 2.75) is 58.9 Å². The standard InChI is InChI=1S/C23H28ClN3O4S/c1-4-12(2)19(22(29)30)25-20(28)17-14-9-5-6-11-16(14)32-21(17)27-23(31)26-18-13(3)8-7-10-15(18)24/h7-8,10,12,19H,4-6,9,11H2,1-3H3,(H,25,28)(H,29,30)(H2,26,27,31)/t12-,19-/m0/s1. The quantitative estimate of drug-likeness (QED) is 0.424. The van der Waals surface area contributed by atoms with Crippen LogP contribution in [0.2, 0.25) is 5.02 Å². The molecule has 0 unspecified atom stereocenters. The summed E-state index contributed by atoms with van der Waals surface area (Å²) in [6, 6.07) is 3.82. The van der Waals surface area contributed by atoms with Gasteiger partial charge >= 0.3 is 12.0 Å². The predicted octanol–water partition coefficient (Wildman–Crippen LogP) is 5.46. The molecule has 9 heteroatoms. The third-order valence-electron chi connectivity index (χ3n) is 5.85. The van der Waals surface area contributed by atoms with Gasteiger partial charge in [-0.05, 0) is 55.7 Å². The Morgan fingerprint density at radius 2 is 1.91 bits per heavy atom. The molecule has 172 valence electrons. The number of thiophene rings is 1. The van der Waals surface area contributed by atoms with Crippen LogP contribution in [0.3, 0.4) is 0 Å².